The van der Waals surface area contributed by atoms with Gasteiger partial charge in [0.15, 0.2) is 0 Å². The predicted molar refractivity (Wildman–Crippen MR) is 126 cm³/mol. The number of para-hydroxylation sites is 1. The highest BCUT2D eigenvalue weighted by molar-refractivity contribution is 6.12. The fraction of sp³-hybridized carbons (Fsp3) is 0.360. The van der Waals surface area contributed by atoms with Gasteiger partial charge in [0.25, 0.3) is 5.91 Å². The van der Waals surface area contributed by atoms with Crippen molar-refractivity contribution in [3.8, 4) is 17.1 Å². The number of hydrogen-bond donors (Lipinski definition) is 1. The van der Waals surface area contributed by atoms with Gasteiger partial charge in [-0.05, 0) is 43.0 Å². The molecule has 1 N–H and O–H groups in total. The quantitative estimate of drug-likeness (QED) is 0.571. The van der Waals surface area contributed by atoms with E-state index in [1.807, 2.05) is 19.1 Å². The molecule has 1 amide bonds. The number of aromatic nitrogens is 3. The average molecular weight is 446 g/mol. The lowest BCUT2D eigenvalue weighted by molar-refractivity contribution is 0.0841. The molecular weight excluding hydrogens is 418 g/mol. The number of carbonyl (C=O) groups excluding carboxylic acids is 1. The Morgan fingerprint density at radius 3 is 2.88 bits per heavy atom. The van der Waals surface area contributed by atoms with Gasteiger partial charge in [-0.1, -0.05) is 25.1 Å². The highest BCUT2D eigenvalue weighted by Gasteiger charge is 2.29. The lowest BCUT2D eigenvalue weighted by atomic mass is 10.0. The second-order valence-corrected chi connectivity index (χ2v) is 8.92. The standard InChI is InChI=1S/C25H27N5O3/c1-15-8-19(31)14-33-25-20(12-26-29(25)3)21-10-18(9-16(2)27-21)24(32)28-23-11-17-6-4-5-7-22(17)30(23)13-15/h4-7,9-10,12,15,19,31H,8,11,13-14H2,1-3H3/t15-,19-/m1/s1. The van der Waals surface area contributed by atoms with Crippen molar-refractivity contribution < 1.29 is 14.6 Å². The number of amidine groups is 1. The van der Waals surface area contributed by atoms with E-state index < -0.39 is 6.10 Å². The number of aryl methyl sites for hydroxylation is 2. The summed E-state index contributed by atoms with van der Waals surface area (Å²) in [4.78, 5) is 24.5. The Morgan fingerprint density at radius 2 is 2.03 bits per heavy atom. The Morgan fingerprint density at radius 1 is 1.21 bits per heavy atom. The summed E-state index contributed by atoms with van der Waals surface area (Å²) >= 11 is 0. The number of rotatable bonds is 0. The third-order valence-corrected chi connectivity index (χ3v) is 6.11. The van der Waals surface area contributed by atoms with Crippen LogP contribution in [0.25, 0.3) is 11.3 Å². The van der Waals surface area contributed by atoms with Crippen LogP contribution >= 0.6 is 0 Å². The normalized spacial score (nSPS) is 20.7. The molecule has 4 heterocycles. The molecule has 33 heavy (non-hydrogen) atoms. The van der Waals surface area contributed by atoms with Crippen molar-refractivity contribution in [2.75, 3.05) is 18.1 Å². The number of fused-ring (bicyclic) bond motifs is 7. The summed E-state index contributed by atoms with van der Waals surface area (Å²) in [5.41, 5.74) is 4.65. The van der Waals surface area contributed by atoms with Crippen LogP contribution in [0.2, 0.25) is 0 Å². The monoisotopic (exact) mass is 445 g/mol. The number of aliphatic hydroxyl groups is 1. The minimum Gasteiger partial charge on any atom is -0.475 e. The Bertz CT molecular complexity index is 1250. The van der Waals surface area contributed by atoms with Gasteiger partial charge < -0.3 is 14.7 Å². The number of benzene rings is 1. The van der Waals surface area contributed by atoms with Crippen LogP contribution in [0.3, 0.4) is 0 Å². The zero-order valence-electron chi connectivity index (χ0n) is 19.0. The lowest BCUT2D eigenvalue weighted by Crippen LogP contribution is -2.34. The molecule has 0 saturated carbocycles. The van der Waals surface area contributed by atoms with Crippen molar-refractivity contribution in [2.45, 2.75) is 32.8 Å². The van der Waals surface area contributed by atoms with Crippen LogP contribution in [-0.2, 0) is 13.5 Å². The molecule has 0 radical (unpaired) electrons. The van der Waals surface area contributed by atoms with Gasteiger partial charge in [-0.2, -0.15) is 10.1 Å². The van der Waals surface area contributed by atoms with E-state index in [9.17, 15) is 9.90 Å². The second-order valence-electron chi connectivity index (χ2n) is 8.92. The SMILES string of the molecule is Cc1cc2cc(n1)-c1cnn(C)c1OC[C@H](O)C[C@@H](C)CN1C(=NC2=O)Cc2ccccc21. The van der Waals surface area contributed by atoms with Crippen LogP contribution in [0, 0.1) is 12.8 Å². The zero-order chi connectivity index (χ0) is 23.1. The molecule has 5 rings (SSSR count). The van der Waals surface area contributed by atoms with Gasteiger partial charge in [-0.15, -0.1) is 0 Å². The van der Waals surface area contributed by atoms with Crippen LogP contribution < -0.4 is 9.64 Å². The van der Waals surface area contributed by atoms with Gasteiger partial charge in [0, 0.05) is 37.0 Å². The molecule has 0 fully saturated rings. The first-order valence-electron chi connectivity index (χ1n) is 11.2. The number of ether oxygens (including phenoxy) is 1. The van der Waals surface area contributed by atoms with Gasteiger partial charge in [-0.3, -0.25) is 9.78 Å². The summed E-state index contributed by atoms with van der Waals surface area (Å²) in [6.45, 7) is 4.74. The minimum atomic E-state index is -0.645. The molecule has 0 aliphatic carbocycles. The van der Waals surface area contributed by atoms with Crippen LogP contribution in [-0.4, -0.2) is 50.9 Å². The largest absolute Gasteiger partial charge is 0.475 e. The van der Waals surface area contributed by atoms with Gasteiger partial charge in [-0.25, -0.2) is 4.68 Å². The number of nitrogens with zero attached hydrogens (tertiary/aromatic N) is 5. The van der Waals surface area contributed by atoms with Gasteiger partial charge >= 0.3 is 0 Å². The average Bonchev–Trinajstić information content (AvgIpc) is 3.31. The number of aliphatic hydroxyl groups excluding tert-OH is 1. The molecule has 8 nitrogen and oxygen atoms in total. The highest BCUT2D eigenvalue weighted by atomic mass is 16.5. The van der Waals surface area contributed by atoms with Crippen molar-refractivity contribution in [3.05, 3.63) is 59.4 Å². The number of carbonyl (C=O) groups is 1. The number of hydrogen-bond acceptors (Lipinski definition) is 6. The maximum absolute atomic E-state index is 13.3. The highest BCUT2D eigenvalue weighted by Crippen LogP contribution is 2.32. The zero-order valence-corrected chi connectivity index (χ0v) is 19.0. The van der Waals surface area contributed by atoms with E-state index in [1.54, 1.807) is 30.1 Å². The van der Waals surface area contributed by atoms with Crippen molar-refractivity contribution in [3.63, 3.8) is 0 Å². The van der Waals surface area contributed by atoms with Gasteiger partial charge in [0.1, 0.15) is 12.4 Å². The van der Waals surface area contributed by atoms with Gasteiger partial charge in [0.2, 0.25) is 5.88 Å². The lowest BCUT2D eigenvalue weighted by Gasteiger charge is -2.25. The molecular formula is C25H27N5O3. The summed E-state index contributed by atoms with van der Waals surface area (Å²) in [7, 11) is 1.78. The third kappa shape index (κ3) is 4.14. The summed E-state index contributed by atoms with van der Waals surface area (Å²) in [5, 5.41) is 15.0. The molecule has 2 bridgehead atoms. The fourth-order valence-corrected chi connectivity index (χ4v) is 4.61. The van der Waals surface area contributed by atoms with E-state index in [-0.39, 0.29) is 18.4 Å². The molecule has 170 valence electrons. The molecule has 0 spiro atoms. The Balaban J connectivity index is 1.62. The van der Waals surface area contributed by atoms with E-state index in [0.717, 1.165) is 17.1 Å². The molecule has 2 aliphatic rings. The molecule has 8 heteroatoms. The molecule has 0 saturated heterocycles. The van der Waals surface area contributed by atoms with Crippen LogP contribution in [0.5, 0.6) is 5.88 Å². The fourth-order valence-electron chi connectivity index (χ4n) is 4.61. The smallest absolute Gasteiger partial charge is 0.278 e. The van der Waals surface area contributed by atoms with E-state index in [2.05, 4.69) is 39.0 Å². The number of pyridine rings is 1. The molecule has 2 aliphatic heterocycles. The molecule has 2 aromatic heterocycles. The summed E-state index contributed by atoms with van der Waals surface area (Å²) in [5.74, 6) is 1.08. The maximum Gasteiger partial charge on any atom is 0.278 e. The predicted octanol–water partition coefficient (Wildman–Crippen LogP) is 3.17. The Kier molecular flexibility index (Phi) is 5.46. The molecule has 3 aromatic rings. The van der Waals surface area contributed by atoms with Crippen LogP contribution in [0.4, 0.5) is 5.69 Å². The Labute approximate surface area is 192 Å². The van der Waals surface area contributed by atoms with E-state index in [0.29, 0.717) is 47.8 Å². The van der Waals surface area contributed by atoms with Crippen LogP contribution in [0.1, 0.15) is 35.0 Å². The molecule has 0 unspecified atom stereocenters. The summed E-state index contributed by atoms with van der Waals surface area (Å²) in [6.07, 6.45) is 2.18. The third-order valence-electron chi connectivity index (χ3n) is 6.11. The summed E-state index contributed by atoms with van der Waals surface area (Å²) < 4.78 is 7.60. The van der Waals surface area contributed by atoms with Crippen molar-refractivity contribution >= 4 is 17.4 Å². The first kappa shape index (κ1) is 21.3. The van der Waals surface area contributed by atoms with E-state index >= 15 is 0 Å². The topological polar surface area (TPSA) is 92.8 Å². The molecule has 2 atom stereocenters. The van der Waals surface area contributed by atoms with Crippen molar-refractivity contribution in [1.29, 1.82) is 0 Å². The van der Waals surface area contributed by atoms with E-state index in [1.165, 1.54) is 0 Å². The Hall–Kier alpha value is -3.52. The second kappa shape index (κ2) is 8.44. The number of aliphatic imine (C=N–C) groups is 1. The number of amides is 1. The van der Waals surface area contributed by atoms with Crippen molar-refractivity contribution in [2.24, 2.45) is 18.0 Å². The first-order chi connectivity index (χ1) is 15.9. The number of anilines is 1. The van der Waals surface area contributed by atoms with E-state index in [4.69, 9.17) is 4.74 Å². The molecule has 1 aromatic carbocycles. The minimum absolute atomic E-state index is 0.145. The first-order valence-corrected chi connectivity index (χ1v) is 11.2. The van der Waals surface area contributed by atoms with Crippen molar-refractivity contribution in [1.82, 2.24) is 14.8 Å². The maximum atomic E-state index is 13.3. The van der Waals surface area contributed by atoms with Gasteiger partial charge in [0.05, 0.1) is 23.6 Å². The summed E-state index contributed by atoms with van der Waals surface area (Å²) in [6, 6.07) is 11.6. The van der Waals surface area contributed by atoms with Crippen LogP contribution in [0.15, 0.2) is 47.6 Å².